The Kier molecular flexibility index (Phi) is 5.35. The highest BCUT2D eigenvalue weighted by molar-refractivity contribution is 6.10. The van der Waals surface area contributed by atoms with Crippen LogP contribution in [-0.4, -0.2) is 23.0 Å². The molecule has 0 spiro atoms. The third kappa shape index (κ3) is 4.06. The number of pyridine rings is 1. The summed E-state index contributed by atoms with van der Waals surface area (Å²) in [7, 11) is 0. The second-order valence-electron chi connectivity index (χ2n) is 6.25. The van der Waals surface area contributed by atoms with E-state index in [9.17, 15) is 4.79 Å². The number of guanidine groups is 1. The Bertz CT molecular complexity index is 1010. The van der Waals surface area contributed by atoms with E-state index < -0.39 is 5.91 Å². The zero-order chi connectivity index (χ0) is 19.4. The van der Waals surface area contributed by atoms with Crippen LogP contribution in [-0.2, 0) is 0 Å². The van der Waals surface area contributed by atoms with Crippen LogP contribution in [0, 0.1) is 0 Å². The predicted octanol–water partition coefficient (Wildman–Crippen LogP) is 3.49. The zero-order valence-electron chi connectivity index (χ0n) is 15.3. The Morgan fingerprint density at radius 2 is 1.85 bits per heavy atom. The fourth-order valence-electron chi connectivity index (χ4n) is 2.75. The van der Waals surface area contributed by atoms with Gasteiger partial charge in [-0.1, -0.05) is 37.3 Å². The molecule has 0 aliphatic carbocycles. The van der Waals surface area contributed by atoms with Gasteiger partial charge in [-0.25, -0.2) is 4.98 Å². The van der Waals surface area contributed by atoms with Gasteiger partial charge in [0.2, 0.25) is 0 Å². The van der Waals surface area contributed by atoms with Crippen LogP contribution >= 0.6 is 0 Å². The average molecular weight is 362 g/mol. The van der Waals surface area contributed by atoms with E-state index in [2.05, 4.69) is 11.9 Å². The van der Waals surface area contributed by atoms with Crippen molar-refractivity contribution in [2.24, 2.45) is 16.5 Å². The summed E-state index contributed by atoms with van der Waals surface area (Å²) in [5.74, 6) is -0.0620. The van der Waals surface area contributed by atoms with E-state index in [0.29, 0.717) is 22.2 Å². The average Bonchev–Trinajstić information content (AvgIpc) is 2.66. The molecule has 1 amide bonds. The summed E-state index contributed by atoms with van der Waals surface area (Å²) < 4.78 is 6.03. The summed E-state index contributed by atoms with van der Waals surface area (Å²) >= 11 is 0. The molecule has 6 heteroatoms. The number of carbonyl (C=O) groups excluding carboxylic acids is 1. The highest BCUT2D eigenvalue weighted by Gasteiger charge is 2.16. The Labute approximate surface area is 157 Å². The summed E-state index contributed by atoms with van der Waals surface area (Å²) in [6.07, 6.45) is 0.947. The number of fused-ring (bicyclic) bond motifs is 1. The second-order valence-corrected chi connectivity index (χ2v) is 6.25. The first-order chi connectivity index (χ1) is 13.0. The van der Waals surface area contributed by atoms with Crippen molar-refractivity contribution in [1.82, 2.24) is 4.98 Å². The molecule has 0 bridgehead atoms. The first kappa shape index (κ1) is 18.4. The van der Waals surface area contributed by atoms with Crippen LogP contribution in [0.25, 0.3) is 22.2 Å². The molecular formula is C21H22N4O2. The summed E-state index contributed by atoms with van der Waals surface area (Å²) in [5, 5.41) is 0.691. The van der Waals surface area contributed by atoms with Gasteiger partial charge in [-0.2, -0.15) is 4.99 Å². The summed E-state index contributed by atoms with van der Waals surface area (Å²) in [6, 6.07) is 16.7. The number of carbonyl (C=O) groups is 1. The first-order valence-electron chi connectivity index (χ1n) is 8.79. The number of ether oxygens (including phenoxy) is 1. The maximum atomic E-state index is 12.6. The number of benzene rings is 2. The van der Waals surface area contributed by atoms with Crippen LogP contribution < -0.4 is 16.2 Å². The molecule has 6 nitrogen and oxygen atoms in total. The van der Waals surface area contributed by atoms with E-state index in [4.69, 9.17) is 21.2 Å². The number of aromatic nitrogens is 1. The minimum atomic E-state index is -0.504. The van der Waals surface area contributed by atoms with E-state index in [1.54, 1.807) is 6.07 Å². The lowest BCUT2D eigenvalue weighted by Gasteiger charge is -2.16. The number of amides is 1. The first-order valence-corrected chi connectivity index (χ1v) is 8.79. The summed E-state index contributed by atoms with van der Waals surface area (Å²) in [4.78, 5) is 21.0. The third-order valence-electron chi connectivity index (χ3n) is 4.24. The molecule has 1 atom stereocenters. The quantitative estimate of drug-likeness (QED) is 0.534. The molecule has 0 aliphatic heterocycles. The molecular weight excluding hydrogens is 340 g/mol. The summed E-state index contributed by atoms with van der Waals surface area (Å²) in [6.45, 7) is 4.08. The molecule has 1 heterocycles. The molecule has 0 radical (unpaired) electrons. The van der Waals surface area contributed by atoms with Crippen LogP contribution in [0.1, 0.15) is 30.6 Å². The normalized spacial score (nSPS) is 11.8. The van der Waals surface area contributed by atoms with E-state index >= 15 is 0 Å². The van der Waals surface area contributed by atoms with Crippen LogP contribution in [0.3, 0.4) is 0 Å². The van der Waals surface area contributed by atoms with Gasteiger partial charge in [0, 0.05) is 10.9 Å². The molecule has 4 N–H and O–H groups in total. The van der Waals surface area contributed by atoms with Crippen molar-refractivity contribution in [3.63, 3.8) is 0 Å². The van der Waals surface area contributed by atoms with Crippen LogP contribution in [0.15, 0.2) is 59.6 Å². The van der Waals surface area contributed by atoms with Crippen molar-refractivity contribution in [3.8, 4) is 17.0 Å². The van der Waals surface area contributed by atoms with Crippen molar-refractivity contribution >= 4 is 22.8 Å². The Balaban J connectivity index is 2.19. The van der Waals surface area contributed by atoms with E-state index in [0.717, 1.165) is 17.7 Å². The van der Waals surface area contributed by atoms with Crippen LogP contribution in [0.4, 0.5) is 0 Å². The molecule has 2 aromatic carbocycles. The largest absolute Gasteiger partial charge is 0.490 e. The molecule has 0 saturated heterocycles. The molecule has 0 saturated carbocycles. The fourth-order valence-corrected chi connectivity index (χ4v) is 2.75. The number of aliphatic imine (C=N–C) groups is 1. The highest BCUT2D eigenvalue weighted by Crippen LogP contribution is 2.32. The fraction of sp³-hybridized carbons (Fsp3) is 0.190. The Hall–Kier alpha value is -3.41. The maximum Gasteiger partial charge on any atom is 0.280 e. The van der Waals surface area contributed by atoms with Gasteiger partial charge in [0.05, 0.1) is 22.9 Å². The Morgan fingerprint density at radius 1 is 1.15 bits per heavy atom. The number of hydrogen-bond acceptors (Lipinski definition) is 3. The monoisotopic (exact) mass is 362 g/mol. The lowest BCUT2D eigenvalue weighted by atomic mass is 10.0. The van der Waals surface area contributed by atoms with E-state index in [1.165, 1.54) is 0 Å². The van der Waals surface area contributed by atoms with Crippen LogP contribution in [0.2, 0.25) is 0 Å². The number of rotatable bonds is 5. The molecule has 138 valence electrons. The third-order valence-corrected chi connectivity index (χ3v) is 4.24. The molecule has 1 aromatic heterocycles. The summed E-state index contributed by atoms with van der Waals surface area (Å²) in [5.41, 5.74) is 13.3. The molecule has 0 aliphatic rings. The van der Waals surface area contributed by atoms with Crippen molar-refractivity contribution in [2.75, 3.05) is 0 Å². The van der Waals surface area contributed by atoms with E-state index in [1.807, 2.05) is 55.5 Å². The zero-order valence-corrected chi connectivity index (χ0v) is 15.3. The molecule has 0 fully saturated rings. The van der Waals surface area contributed by atoms with Crippen molar-refractivity contribution < 1.29 is 9.53 Å². The predicted molar refractivity (Wildman–Crippen MR) is 108 cm³/mol. The van der Waals surface area contributed by atoms with Gasteiger partial charge in [-0.05, 0) is 37.6 Å². The minimum absolute atomic E-state index is 0.0642. The van der Waals surface area contributed by atoms with Crippen molar-refractivity contribution in [2.45, 2.75) is 26.4 Å². The van der Waals surface area contributed by atoms with E-state index in [-0.39, 0.29) is 12.1 Å². The standard InChI is InChI=1S/C21H22N4O2/c1-3-13(2)27-19-11-7-5-9-15(19)18-12-16(20(26)25-21(22)23)14-8-4-6-10-17(14)24-18/h4-13H,3H2,1-2H3,(H4,22,23,25,26). The molecule has 1 unspecified atom stereocenters. The van der Waals surface area contributed by atoms with Gasteiger partial charge in [-0.15, -0.1) is 0 Å². The van der Waals surface area contributed by atoms with Crippen molar-refractivity contribution in [3.05, 3.63) is 60.2 Å². The molecule has 3 aromatic rings. The van der Waals surface area contributed by atoms with Gasteiger partial charge < -0.3 is 16.2 Å². The Morgan fingerprint density at radius 3 is 2.59 bits per heavy atom. The number of hydrogen-bond donors (Lipinski definition) is 2. The van der Waals surface area contributed by atoms with Gasteiger partial charge in [-0.3, -0.25) is 4.79 Å². The smallest absolute Gasteiger partial charge is 0.280 e. The SMILES string of the molecule is CCC(C)Oc1ccccc1-c1cc(C(=O)N=C(N)N)c2ccccc2n1. The molecule has 3 rings (SSSR count). The highest BCUT2D eigenvalue weighted by atomic mass is 16.5. The van der Waals surface area contributed by atoms with Crippen molar-refractivity contribution in [1.29, 1.82) is 0 Å². The lowest BCUT2D eigenvalue weighted by Crippen LogP contribution is -2.24. The van der Waals surface area contributed by atoms with Gasteiger partial charge >= 0.3 is 0 Å². The number of nitrogens with two attached hydrogens (primary N) is 2. The minimum Gasteiger partial charge on any atom is -0.490 e. The van der Waals surface area contributed by atoms with Gasteiger partial charge in [0.25, 0.3) is 5.91 Å². The van der Waals surface area contributed by atoms with Crippen LogP contribution in [0.5, 0.6) is 5.75 Å². The topological polar surface area (TPSA) is 104 Å². The van der Waals surface area contributed by atoms with Gasteiger partial charge in [0.15, 0.2) is 5.96 Å². The lowest BCUT2D eigenvalue weighted by molar-refractivity contribution is 0.100. The van der Waals surface area contributed by atoms with Gasteiger partial charge in [0.1, 0.15) is 5.75 Å². The maximum absolute atomic E-state index is 12.6. The number of nitrogens with zero attached hydrogens (tertiary/aromatic N) is 2. The number of para-hydroxylation sites is 2. The second kappa shape index (κ2) is 7.86. The molecule has 27 heavy (non-hydrogen) atoms.